The van der Waals surface area contributed by atoms with Gasteiger partial charge in [0.25, 0.3) is 0 Å². The van der Waals surface area contributed by atoms with E-state index in [-0.39, 0.29) is 17.2 Å². The van der Waals surface area contributed by atoms with Crippen LogP contribution >= 0.6 is 35.0 Å². The number of anilines is 2. The predicted octanol–water partition coefficient (Wildman–Crippen LogP) is 7.84. The molecule has 3 rings (SSSR count). The Morgan fingerprint density at radius 2 is 1.64 bits per heavy atom. The summed E-state index contributed by atoms with van der Waals surface area (Å²) < 4.78 is 0. The zero-order chi connectivity index (χ0) is 24.0. The number of rotatable bonds is 7. The number of hydrogen-bond acceptors (Lipinski definition) is 3. The maximum absolute atomic E-state index is 13.3. The molecule has 0 aliphatic rings. The van der Waals surface area contributed by atoms with Crippen LogP contribution in [0.15, 0.2) is 77.7 Å². The molecule has 33 heavy (non-hydrogen) atoms. The van der Waals surface area contributed by atoms with Gasteiger partial charge in [-0.1, -0.05) is 80.4 Å². The Labute approximate surface area is 209 Å². The van der Waals surface area contributed by atoms with E-state index in [0.29, 0.717) is 27.8 Å². The normalized spacial score (nSPS) is 12.2. The maximum atomic E-state index is 13.3. The quantitative estimate of drug-likeness (QED) is 0.324. The standard InChI is InChI=1S/C26H26Cl2N2O2S/c1-26(2,3)16-23(31)29-19-10-7-11-20(15-19)33-24(17-8-5-4-6-9-17)25(32)30-22-13-12-18(27)14-21(22)28/h4-15,24H,16H2,1-3H3,(H,29,31)(H,30,32). The van der Waals surface area contributed by atoms with E-state index in [4.69, 9.17) is 23.2 Å². The van der Waals surface area contributed by atoms with E-state index in [9.17, 15) is 9.59 Å². The van der Waals surface area contributed by atoms with Gasteiger partial charge in [0.05, 0.1) is 10.7 Å². The topological polar surface area (TPSA) is 58.2 Å². The monoisotopic (exact) mass is 500 g/mol. The molecule has 7 heteroatoms. The smallest absolute Gasteiger partial charge is 0.242 e. The molecule has 0 saturated heterocycles. The van der Waals surface area contributed by atoms with Crippen LogP contribution in [-0.4, -0.2) is 11.8 Å². The molecule has 4 nitrogen and oxygen atoms in total. The number of thioether (sulfide) groups is 1. The van der Waals surface area contributed by atoms with Crippen LogP contribution in [0.25, 0.3) is 0 Å². The lowest BCUT2D eigenvalue weighted by molar-refractivity contribution is -0.118. The fourth-order valence-electron chi connectivity index (χ4n) is 3.16. The largest absolute Gasteiger partial charge is 0.326 e. The summed E-state index contributed by atoms with van der Waals surface area (Å²) in [6.07, 6.45) is 0.418. The van der Waals surface area contributed by atoms with Gasteiger partial charge in [0.1, 0.15) is 5.25 Å². The van der Waals surface area contributed by atoms with E-state index in [0.717, 1.165) is 10.5 Å². The highest BCUT2D eigenvalue weighted by molar-refractivity contribution is 8.00. The average Bonchev–Trinajstić information content (AvgIpc) is 2.73. The van der Waals surface area contributed by atoms with Gasteiger partial charge in [0.2, 0.25) is 11.8 Å². The van der Waals surface area contributed by atoms with Crippen molar-refractivity contribution >= 4 is 58.2 Å². The molecule has 0 radical (unpaired) electrons. The number of carbonyl (C=O) groups is 2. The van der Waals surface area contributed by atoms with E-state index < -0.39 is 5.25 Å². The van der Waals surface area contributed by atoms with Gasteiger partial charge in [-0.25, -0.2) is 0 Å². The van der Waals surface area contributed by atoms with E-state index in [1.807, 2.05) is 75.4 Å². The molecule has 0 aromatic heterocycles. The number of carbonyl (C=O) groups excluding carboxylic acids is 2. The molecular formula is C26H26Cl2N2O2S. The van der Waals surface area contributed by atoms with Crippen LogP contribution in [0.1, 0.15) is 38.0 Å². The fourth-order valence-corrected chi connectivity index (χ4v) is 4.70. The summed E-state index contributed by atoms with van der Waals surface area (Å²) in [4.78, 5) is 26.5. The number of halogens is 2. The highest BCUT2D eigenvalue weighted by Crippen LogP contribution is 2.38. The van der Waals surface area contributed by atoms with Crippen LogP contribution in [0.4, 0.5) is 11.4 Å². The molecule has 0 aliphatic heterocycles. The van der Waals surface area contributed by atoms with E-state index in [2.05, 4.69) is 10.6 Å². The molecule has 3 aromatic carbocycles. The SMILES string of the molecule is CC(C)(C)CC(=O)Nc1cccc(SC(C(=O)Nc2ccc(Cl)cc2Cl)c2ccccc2)c1. The van der Waals surface area contributed by atoms with Crippen molar-refractivity contribution in [2.75, 3.05) is 10.6 Å². The lowest BCUT2D eigenvalue weighted by Crippen LogP contribution is -2.20. The minimum absolute atomic E-state index is 0.0422. The molecule has 0 bridgehead atoms. The van der Waals surface area contributed by atoms with Crippen LogP contribution in [0, 0.1) is 5.41 Å². The lowest BCUT2D eigenvalue weighted by Gasteiger charge is -2.19. The van der Waals surface area contributed by atoms with Crippen LogP contribution in [0.3, 0.4) is 0 Å². The fraction of sp³-hybridized carbons (Fsp3) is 0.231. The van der Waals surface area contributed by atoms with Crippen molar-refractivity contribution in [3.8, 4) is 0 Å². The summed E-state index contributed by atoms with van der Waals surface area (Å²) in [6.45, 7) is 6.07. The molecule has 172 valence electrons. The second-order valence-corrected chi connectivity index (χ2v) is 10.9. The highest BCUT2D eigenvalue weighted by Gasteiger charge is 2.23. The Morgan fingerprint density at radius 1 is 0.909 bits per heavy atom. The average molecular weight is 501 g/mol. The highest BCUT2D eigenvalue weighted by atomic mass is 35.5. The first-order valence-corrected chi connectivity index (χ1v) is 12.1. The summed E-state index contributed by atoms with van der Waals surface area (Å²) in [5, 5.41) is 6.20. The van der Waals surface area contributed by atoms with Gasteiger partial charge < -0.3 is 10.6 Å². The van der Waals surface area contributed by atoms with Gasteiger partial charge >= 0.3 is 0 Å². The van der Waals surface area contributed by atoms with Gasteiger partial charge in [0, 0.05) is 22.0 Å². The first-order valence-electron chi connectivity index (χ1n) is 10.5. The first kappa shape index (κ1) is 25.2. The Morgan fingerprint density at radius 3 is 2.30 bits per heavy atom. The van der Waals surface area contributed by atoms with Crippen molar-refractivity contribution < 1.29 is 9.59 Å². The van der Waals surface area contributed by atoms with Crippen LogP contribution in [0.5, 0.6) is 0 Å². The van der Waals surface area contributed by atoms with Gasteiger partial charge in [-0.3, -0.25) is 9.59 Å². The second-order valence-electron chi connectivity index (χ2n) is 8.84. The number of hydrogen-bond donors (Lipinski definition) is 2. The number of benzene rings is 3. The van der Waals surface area contributed by atoms with Crippen molar-refractivity contribution in [1.82, 2.24) is 0 Å². The van der Waals surface area contributed by atoms with Crippen molar-refractivity contribution in [2.24, 2.45) is 5.41 Å². The van der Waals surface area contributed by atoms with Crippen LogP contribution in [-0.2, 0) is 9.59 Å². The molecule has 2 amide bonds. The molecule has 0 spiro atoms. The molecule has 1 atom stereocenters. The minimum Gasteiger partial charge on any atom is -0.326 e. The second kappa shape index (κ2) is 11.1. The van der Waals surface area contributed by atoms with Crippen molar-refractivity contribution in [3.63, 3.8) is 0 Å². The van der Waals surface area contributed by atoms with Gasteiger partial charge in [-0.15, -0.1) is 11.8 Å². The predicted molar refractivity (Wildman–Crippen MR) is 139 cm³/mol. The summed E-state index contributed by atoms with van der Waals surface area (Å²) in [5.74, 6) is -0.253. The van der Waals surface area contributed by atoms with E-state index >= 15 is 0 Å². The summed E-state index contributed by atoms with van der Waals surface area (Å²) >= 11 is 13.6. The molecule has 0 fully saturated rings. The third-order valence-corrected chi connectivity index (χ3v) is 6.39. The van der Waals surface area contributed by atoms with Crippen molar-refractivity contribution in [3.05, 3.63) is 88.4 Å². The zero-order valence-corrected chi connectivity index (χ0v) is 21.0. The van der Waals surface area contributed by atoms with Crippen molar-refractivity contribution in [1.29, 1.82) is 0 Å². The third-order valence-electron chi connectivity index (χ3n) is 4.59. The summed E-state index contributed by atoms with van der Waals surface area (Å²) in [5.41, 5.74) is 1.95. The molecule has 1 unspecified atom stereocenters. The molecule has 0 aliphatic carbocycles. The number of nitrogens with one attached hydrogen (secondary N) is 2. The number of amides is 2. The Balaban J connectivity index is 1.81. The Bertz CT molecular complexity index is 1130. The van der Waals surface area contributed by atoms with Crippen molar-refractivity contribution in [2.45, 2.75) is 37.3 Å². The summed E-state index contributed by atoms with van der Waals surface area (Å²) in [7, 11) is 0. The van der Waals surface area contributed by atoms with E-state index in [1.54, 1.807) is 18.2 Å². The molecule has 0 saturated carbocycles. The van der Waals surface area contributed by atoms with Gasteiger partial charge in [0.15, 0.2) is 0 Å². The zero-order valence-electron chi connectivity index (χ0n) is 18.7. The minimum atomic E-state index is -0.529. The molecule has 2 N–H and O–H groups in total. The third kappa shape index (κ3) is 7.81. The summed E-state index contributed by atoms with van der Waals surface area (Å²) in [6, 6.07) is 22.0. The van der Waals surface area contributed by atoms with Crippen LogP contribution in [0.2, 0.25) is 10.0 Å². The molecule has 0 heterocycles. The van der Waals surface area contributed by atoms with Gasteiger partial charge in [-0.2, -0.15) is 0 Å². The van der Waals surface area contributed by atoms with Gasteiger partial charge in [-0.05, 0) is 47.4 Å². The molecular weight excluding hydrogens is 475 g/mol. The maximum Gasteiger partial charge on any atom is 0.242 e. The first-order chi connectivity index (χ1) is 15.6. The molecule has 3 aromatic rings. The Hall–Kier alpha value is -2.47. The van der Waals surface area contributed by atoms with Crippen LogP contribution < -0.4 is 10.6 Å². The Kier molecular flexibility index (Phi) is 8.46. The lowest BCUT2D eigenvalue weighted by atomic mass is 9.92. The van der Waals surface area contributed by atoms with E-state index in [1.165, 1.54) is 11.8 Å².